The molecule has 0 aliphatic carbocycles. The van der Waals surface area contributed by atoms with E-state index >= 15 is 0 Å². The molecule has 0 aliphatic rings. The third kappa shape index (κ3) is 1.82. The fourth-order valence-corrected chi connectivity index (χ4v) is 2.24. The smallest absolute Gasteiger partial charge is 0.0303 e. The highest BCUT2D eigenvalue weighted by Crippen LogP contribution is 2.26. The van der Waals surface area contributed by atoms with Crippen LogP contribution in [0.3, 0.4) is 0 Å². The second-order valence-electron chi connectivity index (χ2n) is 2.88. The first-order chi connectivity index (χ1) is 5.15. The Morgan fingerprint density at radius 2 is 2.18 bits per heavy atom. The van der Waals surface area contributed by atoms with Gasteiger partial charge in [-0.25, -0.2) is 0 Å². The third-order valence-corrected chi connectivity index (χ3v) is 2.90. The average Bonchev–Trinajstić information content (AvgIpc) is 2.28. The van der Waals surface area contributed by atoms with E-state index in [1.165, 1.54) is 15.3 Å². The lowest BCUT2D eigenvalue weighted by Gasteiger charge is -2.06. The van der Waals surface area contributed by atoms with Crippen molar-refractivity contribution in [2.75, 3.05) is 0 Å². The van der Waals surface area contributed by atoms with Crippen molar-refractivity contribution >= 4 is 11.3 Å². The molecule has 1 nitrogen and oxygen atoms in total. The van der Waals surface area contributed by atoms with Crippen LogP contribution in [0, 0.1) is 13.8 Å². The van der Waals surface area contributed by atoms with E-state index in [2.05, 4.69) is 26.8 Å². The summed E-state index contributed by atoms with van der Waals surface area (Å²) in [6.45, 7) is 6.39. The van der Waals surface area contributed by atoms with Gasteiger partial charge in [-0.3, -0.25) is 0 Å². The van der Waals surface area contributed by atoms with Gasteiger partial charge in [-0.15, -0.1) is 11.3 Å². The van der Waals surface area contributed by atoms with Gasteiger partial charge in [0, 0.05) is 15.8 Å². The highest BCUT2D eigenvalue weighted by atomic mass is 32.1. The summed E-state index contributed by atoms with van der Waals surface area (Å²) in [5.41, 5.74) is 7.24. The van der Waals surface area contributed by atoms with Crippen LogP contribution >= 0.6 is 11.3 Å². The Bertz CT molecular complexity index is 240. The van der Waals surface area contributed by atoms with E-state index in [1.807, 2.05) is 11.3 Å². The van der Waals surface area contributed by atoms with Crippen molar-refractivity contribution in [1.29, 1.82) is 0 Å². The summed E-state index contributed by atoms with van der Waals surface area (Å²) in [5.74, 6) is 0. The molecular formula is C9H15NS. The molecule has 0 aromatic carbocycles. The Balaban J connectivity index is 2.93. The fraction of sp³-hybridized carbons (Fsp3) is 0.556. The van der Waals surface area contributed by atoms with E-state index < -0.39 is 0 Å². The molecule has 0 fully saturated rings. The lowest BCUT2D eigenvalue weighted by Crippen LogP contribution is -2.08. The van der Waals surface area contributed by atoms with Crippen molar-refractivity contribution in [3.8, 4) is 0 Å². The minimum atomic E-state index is 0.236. The minimum Gasteiger partial charge on any atom is -0.324 e. The Morgan fingerprint density at radius 1 is 1.55 bits per heavy atom. The molecule has 0 bridgehead atoms. The molecule has 0 radical (unpaired) electrons. The van der Waals surface area contributed by atoms with Gasteiger partial charge < -0.3 is 5.73 Å². The van der Waals surface area contributed by atoms with E-state index in [0.29, 0.717) is 0 Å². The highest BCUT2D eigenvalue weighted by Gasteiger charge is 2.08. The Morgan fingerprint density at radius 3 is 2.55 bits per heavy atom. The topological polar surface area (TPSA) is 26.0 Å². The largest absolute Gasteiger partial charge is 0.324 e. The van der Waals surface area contributed by atoms with Crippen LogP contribution in [-0.2, 0) is 0 Å². The third-order valence-electron chi connectivity index (χ3n) is 1.92. The second-order valence-corrected chi connectivity index (χ2v) is 4.34. The molecule has 11 heavy (non-hydrogen) atoms. The van der Waals surface area contributed by atoms with E-state index in [9.17, 15) is 0 Å². The predicted octanol–water partition coefficient (Wildman–Crippen LogP) is 2.77. The molecule has 0 aliphatic heterocycles. The second kappa shape index (κ2) is 3.37. The molecule has 62 valence electrons. The molecule has 0 saturated heterocycles. The van der Waals surface area contributed by atoms with Gasteiger partial charge in [-0.1, -0.05) is 6.92 Å². The lowest BCUT2D eigenvalue weighted by molar-refractivity contribution is 0.697. The summed E-state index contributed by atoms with van der Waals surface area (Å²) in [6.07, 6.45) is 1.02. The standard InChI is InChI=1S/C9H15NS/c1-4-9(10)8-5-6(2)11-7(8)3/h5,9H,4,10H2,1-3H3/t9-/m0/s1. The van der Waals surface area contributed by atoms with Gasteiger partial charge in [-0.2, -0.15) is 0 Å². The molecule has 0 amide bonds. The number of hydrogen-bond acceptors (Lipinski definition) is 2. The highest BCUT2D eigenvalue weighted by molar-refractivity contribution is 7.12. The Hall–Kier alpha value is -0.340. The maximum atomic E-state index is 5.92. The van der Waals surface area contributed by atoms with Gasteiger partial charge in [0.2, 0.25) is 0 Å². The number of hydrogen-bond donors (Lipinski definition) is 1. The first-order valence-corrected chi connectivity index (χ1v) is 4.79. The minimum absolute atomic E-state index is 0.236. The number of thiophene rings is 1. The summed E-state index contributed by atoms with van der Waals surface area (Å²) < 4.78 is 0. The number of aryl methyl sites for hydroxylation is 2. The van der Waals surface area contributed by atoms with Crippen LogP contribution in [0.4, 0.5) is 0 Å². The molecule has 0 spiro atoms. The lowest BCUT2D eigenvalue weighted by atomic mass is 10.1. The first kappa shape index (κ1) is 8.75. The van der Waals surface area contributed by atoms with E-state index in [-0.39, 0.29) is 6.04 Å². The van der Waals surface area contributed by atoms with Crippen LogP contribution in [0.15, 0.2) is 6.07 Å². The van der Waals surface area contributed by atoms with Gasteiger partial charge >= 0.3 is 0 Å². The van der Waals surface area contributed by atoms with Gasteiger partial charge in [0.15, 0.2) is 0 Å². The zero-order valence-electron chi connectivity index (χ0n) is 7.35. The average molecular weight is 169 g/mol. The summed E-state index contributed by atoms with van der Waals surface area (Å²) in [5, 5.41) is 0. The van der Waals surface area contributed by atoms with Gasteiger partial charge in [0.05, 0.1) is 0 Å². The van der Waals surface area contributed by atoms with Crippen LogP contribution in [0.5, 0.6) is 0 Å². The maximum absolute atomic E-state index is 5.92. The molecule has 1 rings (SSSR count). The summed E-state index contributed by atoms with van der Waals surface area (Å²) >= 11 is 1.83. The molecule has 1 heterocycles. The zero-order valence-corrected chi connectivity index (χ0v) is 8.16. The predicted molar refractivity (Wildman–Crippen MR) is 51.0 cm³/mol. The molecule has 1 aromatic heterocycles. The summed E-state index contributed by atoms with van der Waals surface area (Å²) in [6, 6.07) is 2.44. The molecule has 1 aromatic rings. The van der Waals surface area contributed by atoms with E-state index in [0.717, 1.165) is 6.42 Å². The van der Waals surface area contributed by atoms with Crippen LogP contribution < -0.4 is 5.73 Å². The fourth-order valence-electron chi connectivity index (χ4n) is 1.24. The monoisotopic (exact) mass is 169 g/mol. The molecule has 1 atom stereocenters. The van der Waals surface area contributed by atoms with Crippen LogP contribution in [0.2, 0.25) is 0 Å². The molecule has 0 unspecified atom stereocenters. The van der Waals surface area contributed by atoms with Crippen molar-refractivity contribution < 1.29 is 0 Å². The van der Waals surface area contributed by atoms with Gasteiger partial charge in [-0.05, 0) is 31.9 Å². The Kier molecular flexibility index (Phi) is 2.68. The van der Waals surface area contributed by atoms with Crippen molar-refractivity contribution in [2.24, 2.45) is 5.73 Å². The molecule has 2 N–H and O–H groups in total. The van der Waals surface area contributed by atoms with E-state index in [1.54, 1.807) is 0 Å². The van der Waals surface area contributed by atoms with Crippen molar-refractivity contribution in [1.82, 2.24) is 0 Å². The molecule has 2 heteroatoms. The van der Waals surface area contributed by atoms with Crippen LogP contribution in [0.25, 0.3) is 0 Å². The van der Waals surface area contributed by atoms with E-state index in [4.69, 9.17) is 5.73 Å². The SMILES string of the molecule is CC[C@H](N)c1cc(C)sc1C. The van der Waals surface area contributed by atoms with Gasteiger partial charge in [0.25, 0.3) is 0 Å². The molecular weight excluding hydrogens is 154 g/mol. The Labute approximate surface area is 72.2 Å². The van der Waals surface area contributed by atoms with Crippen LogP contribution in [0.1, 0.15) is 34.7 Å². The molecule has 0 saturated carbocycles. The summed E-state index contributed by atoms with van der Waals surface area (Å²) in [4.78, 5) is 2.73. The van der Waals surface area contributed by atoms with Gasteiger partial charge in [0.1, 0.15) is 0 Å². The van der Waals surface area contributed by atoms with Crippen molar-refractivity contribution in [2.45, 2.75) is 33.2 Å². The number of nitrogens with two attached hydrogens (primary N) is 1. The normalized spacial score (nSPS) is 13.5. The summed E-state index contributed by atoms with van der Waals surface area (Å²) in [7, 11) is 0. The number of rotatable bonds is 2. The van der Waals surface area contributed by atoms with Crippen molar-refractivity contribution in [3.63, 3.8) is 0 Å². The quantitative estimate of drug-likeness (QED) is 0.724. The zero-order chi connectivity index (χ0) is 8.43. The maximum Gasteiger partial charge on any atom is 0.0303 e. The first-order valence-electron chi connectivity index (χ1n) is 3.97. The van der Waals surface area contributed by atoms with Crippen molar-refractivity contribution in [3.05, 3.63) is 21.4 Å². The van der Waals surface area contributed by atoms with Crippen LogP contribution in [-0.4, -0.2) is 0 Å².